The fourth-order valence-electron chi connectivity index (χ4n) is 2.21. The Kier molecular flexibility index (Phi) is 2.87. The number of ether oxygens (including phenoxy) is 1. The molecule has 0 saturated carbocycles. The molecule has 1 aliphatic rings. The Morgan fingerprint density at radius 3 is 2.53 bits per heavy atom. The monoisotopic (exact) mass is 204 g/mol. The van der Waals surface area contributed by atoms with E-state index in [1.54, 1.807) is 6.92 Å². The van der Waals surface area contributed by atoms with Gasteiger partial charge in [0, 0.05) is 5.92 Å². The van der Waals surface area contributed by atoms with Crippen LogP contribution >= 0.6 is 0 Å². The lowest BCUT2D eigenvalue weighted by atomic mass is 9.94. The van der Waals surface area contributed by atoms with Crippen LogP contribution in [0.2, 0.25) is 0 Å². The highest BCUT2D eigenvalue weighted by Crippen LogP contribution is 2.36. The summed E-state index contributed by atoms with van der Waals surface area (Å²) < 4.78 is 5.80. The molecule has 15 heavy (non-hydrogen) atoms. The van der Waals surface area contributed by atoms with Crippen LogP contribution in [-0.2, 0) is 9.53 Å². The quantitative estimate of drug-likeness (QED) is 0.740. The third-order valence-corrected chi connectivity index (χ3v) is 3.11. The van der Waals surface area contributed by atoms with Gasteiger partial charge in [-0.05, 0) is 25.8 Å². The molecule has 1 aromatic carbocycles. The Morgan fingerprint density at radius 2 is 2.00 bits per heavy atom. The van der Waals surface area contributed by atoms with E-state index < -0.39 is 0 Å². The van der Waals surface area contributed by atoms with Crippen LogP contribution in [0.3, 0.4) is 0 Å². The minimum Gasteiger partial charge on any atom is -0.370 e. The van der Waals surface area contributed by atoms with Gasteiger partial charge in [0.15, 0.2) is 0 Å². The highest BCUT2D eigenvalue weighted by atomic mass is 16.5. The van der Waals surface area contributed by atoms with Crippen LogP contribution in [0.15, 0.2) is 30.3 Å². The zero-order valence-electron chi connectivity index (χ0n) is 9.14. The van der Waals surface area contributed by atoms with Crippen molar-refractivity contribution in [2.45, 2.75) is 32.5 Å². The number of hydrogen-bond acceptors (Lipinski definition) is 2. The van der Waals surface area contributed by atoms with Crippen molar-refractivity contribution in [1.29, 1.82) is 0 Å². The van der Waals surface area contributed by atoms with Gasteiger partial charge in [-0.15, -0.1) is 0 Å². The Labute approximate surface area is 90.3 Å². The second kappa shape index (κ2) is 4.15. The van der Waals surface area contributed by atoms with Crippen LogP contribution in [0.1, 0.15) is 31.9 Å². The normalized spacial score (nSPS) is 30.4. The van der Waals surface area contributed by atoms with Crippen LogP contribution in [-0.4, -0.2) is 11.9 Å². The van der Waals surface area contributed by atoms with Crippen LogP contribution in [0.25, 0.3) is 0 Å². The summed E-state index contributed by atoms with van der Waals surface area (Å²) in [7, 11) is 0. The first-order valence-corrected chi connectivity index (χ1v) is 5.39. The highest BCUT2D eigenvalue weighted by Gasteiger charge is 2.35. The van der Waals surface area contributed by atoms with E-state index in [2.05, 4.69) is 12.1 Å². The molecule has 80 valence electrons. The summed E-state index contributed by atoms with van der Waals surface area (Å²) in [5.41, 5.74) is 1.17. The molecule has 3 unspecified atom stereocenters. The second-order valence-electron chi connectivity index (χ2n) is 4.19. The first-order chi connectivity index (χ1) is 7.18. The molecular weight excluding hydrogens is 188 g/mol. The van der Waals surface area contributed by atoms with E-state index in [-0.39, 0.29) is 23.9 Å². The van der Waals surface area contributed by atoms with Crippen LogP contribution in [0.4, 0.5) is 0 Å². The average Bonchev–Trinajstić information content (AvgIpc) is 2.62. The lowest BCUT2D eigenvalue weighted by Crippen LogP contribution is -2.18. The first-order valence-electron chi connectivity index (χ1n) is 5.39. The molecule has 0 bridgehead atoms. The van der Waals surface area contributed by atoms with Crippen molar-refractivity contribution in [1.82, 2.24) is 0 Å². The standard InChI is InChI=1S/C13H16O2/c1-9(14)12-8-13(15-10(12)2)11-6-4-3-5-7-11/h3-7,10,12-13H,8H2,1-2H3. The number of carbonyl (C=O) groups excluding carboxylic acids is 1. The van der Waals surface area contributed by atoms with E-state index in [0.29, 0.717) is 0 Å². The molecule has 1 saturated heterocycles. The van der Waals surface area contributed by atoms with Gasteiger partial charge < -0.3 is 4.74 Å². The minimum atomic E-state index is 0.0488. The SMILES string of the molecule is CC(=O)C1CC(c2ccccc2)OC1C. The summed E-state index contributed by atoms with van der Waals surface area (Å²) in [6.07, 6.45) is 0.961. The maximum Gasteiger partial charge on any atom is 0.135 e. The van der Waals surface area contributed by atoms with Crippen molar-refractivity contribution in [3.8, 4) is 0 Å². The number of hydrogen-bond donors (Lipinski definition) is 0. The molecule has 0 aliphatic carbocycles. The lowest BCUT2D eigenvalue weighted by molar-refractivity contribution is -0.122. The predicted octanol–water partition coefficient (Wildman–Crippen LogP) is 2.74. The number of benzene rings is 1. The third-order valence-electron chi connectivity index (χ3n) is 3.11. The molecule has 0 radical (unpaired) electrons. The fourth-order valence-corrected chi connectivity index (χ4v) is 2.21. The summed E-state index contributed by atoms with van der Waals surface area (Å²) in [5.74, 6) is 0.302. The van der Waals surface area contributed by atoms with Crippen molar-refractivity contribution in [3.63, 3.8) is 0 Å². The van der Waals surface area contributed by atoms with Gasteiger partial charge in [0.25, 0.3) is 0 Å². The topological polar surface area (TPSA) is 26.3 Å². The number of carbonyl (C=O) groups is 1. The van der Waals surface area contributed by atoms with Crippen molar-refractivity contribution in [3.05, 3.63) is 35.9 Å². The molecular formula is C13H16O2. The molecule has 1 fully saturated rings. The number of ketones is 1. The van der Waals surface area contributed by atoms with Gasteiger partial charge in [-0.25, -0.2) is 0 Å². The summed E-state index contributed by atoms with van der Waals surface area (Å²) in [6, 6.07) is 10.1. The molecule has 0 amide bonds. The summed E-state index contributed by atoms with van der Waals surface area (Å²) in [6.45, 7) is 3.63. The Bertz CT molecular complexity index is 345. The second-order valence-corrected chi connectivity index (χ2v) is 4.19. The largest absolute Gasteiger partial charge is 0.370 e. The predicted molar refractivity (Wildman–Crippen MR) is 58.5 cm³/mol. The summed E-state index contributed by atoms with van der Waals surface area (Å²) >= 11 is 0. The Balaban J connectivity index is 2.13. The smallest absolute Gasteiger partial charge is 0.135 e. The Hall–Kier alpha value is -1.15. The first kappa shape index (κ1) is 10.4. The molecule has 1 heterocycles. The molecule has 1 aliphatic heterocycles. The molecule has 0 N–H and O–H groups in total. The van der Waals surface area contributed by atoms with Gasteiger partial charge in [0.2, 0.25) is 0 Å². The van der Waals surface area contributed by atoms with E-state index in [1.807, 2.05) is 25.1 Å². The van der Waals surface area contributed by atoms with Gasteiger partial charge >= 0.3 is 0 Å². The molecule has 2 nitrogen and oxygen atoms in total. The molecule has 0 spiro atoms. The Morgan fingerprint density at radius 1 is 1.33 bits per heavy atom. The summed E-state index contributed by atoms with van der Waals surface area (Å²) in [5, 5.41) is 0. The molecule has 1 aromatic rings. The maximum atomic E-state index is 11.4. The van der Waals surface area contributed by atoms with E-state index in [1.165, 1.54) is 5.56 Å². The van der Waals surface area contributed by atoms with Gasteiger partial charge in [-0.2, -0.15) is 0 Å². The van der Waals surface area contributed by atoms with Crippen LogP contribution < -0.4 is 0 Å². The molecule has 2 heteroatoms. The van der Waals surface area contributed by atoms with Crippen LogP contribution in [0, 0.1) is 5.92 Å². The van der Waals surface area contributed by atoms with Crippen LogP contribution in [0.5, 0.6) is 0 Å². The number of Topliss-reactive ketones (excluding diaryl/α,β-unsaturated/α-hetero) is 1. The van der Waals surface area contributed by atoms with E-state index in [4.69, 9.17) is 4.74 Å². The fraction of sp³-hybridized carbons (Fsp3) is 0.462. The minimum absolute atomic E-state index is 0.0488. The van der Waals surface area contributed by atoms with Gasteiger partial charge in [-0.3, -0.25) is 4.79 Å². The van der Waals surface area contributed by atoms with Crippen molar-refractivity contribution in [2.24, 2.45) is 5.92 Å². The van der Waals surface area contributed by atoms with E-state index >= 15 is 0 Å². The lowest BCUT2D eigenvalue weighted by Gasteiger charge is -2.10. The number of rotatable bonds is 2. The van der Waals surface area contributed by atoms with Crippen molar-refractivity contribution in [2.75, 3.05) is 0 Å². The zero-order valence-corrected chi connectivity index (χ0v) is 9.14. The molecule has 2 rings (SSSR count). The van der Waals surface area contributed by atoms with E-state index in [9.17, 15) is 4.79 Å². The maximum absolute atomic E-state index is 11.4. The van der Waals surface area contributed by atoms with Crippen molar-refractivity contribution < 1.29 is 9.53 Å². The highest BCUT2D eigenvalue weighted by molar-refractivity contribution is 5.79. The molecule has 3 atom stereocenters. The third kappa shape index (κ3) is 2.10. The van der Waals surface area contributed by atoms with Gasteiger partial charge in [0.05, 0.1) is 12.2 Å². The average molecular weight is 204 g/mol. The molecule has 0 aromatic heterocycles. The zero-order chi connectivity index (χ0) is 10.8. The van der Waals surface area contributed by atoms with Crippen molar-refractivity contribution >= 4 is 5.78 Å². The van der Waals surface area contributed by atoms with E-state index in [0.717, 1.165) is 6.42 Å². The van der Waals surface area contributed by atoms with Gasteiger partial charge in [-0.1, -0.05) is 30.3 Å². The summed E-state index contributed by atoms with van der Waals surface area (Å²) in [4.78, 5) is 11.4. The van der Waals surface area contributed by atoms with Gasteiger partial charge in [0.1, 0.15) is 5.78 Å².